The van der Waals surface area contributed by atoms with Crippen molar-refractivity contribution < 1.29 is 8.42 Å². The van der Waals surface area contributed by atoms with E-state index in [9.17, 15) is 8.42 Å². The van der Waals surface area contributed by atoms with Gasteiger partial charge in [-0.1, -0.05) is 23.7 Å². The van der Waals surface area contributed by atoms with Crippen LogP contribution in [0, 0.1) is 0 Å². The van der Waals surface area contributed by atoms with Gasteiger partial charge in [0.25, 0.3) is 0 Å². The molecule has 3 nitrogen and oxygen atoms in total. The van der Waals surface area contributed by atoms with Gasteiger partial charge in [-0.3, -0.25) is 0 Å². The molecule has 1 aromatic carbocycles. The lowest BCUT2D eigenvalue weighted by Gasteiger charge is -2.11. The Hall–Kier alpha value is -0.580. The van der Waals surface area contributed by atoms with E-state index < -0.39 is 15.1 Å². The van der Waals surface area contributed by atoms with Gasteiger partial charge in [0.1, 0.15) is 0 Å². The fourth-order valence-electron chi connectivity index (χ4n) is 1.42. The van der Waals surface area contributed by atoms with Crippen molar-refractivity contribution in [1.29, 1.82) is 0 Å². The molecular weight excluding hydrogens is 246 g/mol. The monoisotopic (exact) mass is 261 g/mol. The fraction of sp³-hybridized carbons (Fsp3) is 0.455. The Morgan fingerprint density at radius 3 is 2.69 bits per heavy atom. The van der Waals surface area contributed by atoms with Gasteiger partial charge < -0.3 is 5.73 Å². The van der Waals surface area contributed by atoms with Gasteiger partial charge in [0.2, 0.25) is 0 Å². The second-order valence-corrected chi connectivity index (χ2v) is 6.68. The highest BCUT2D eigenvalue weighted by atomic mass is 35.5. The van der Waals surface area contributed by atoms with Gasteiger partial charge in [0.05, 0.1) is 11.0 Å². The Bertz CT molecular complexity index is 445. The van der Waals surface area contributed by atoms with Crippen LogP contribution in [-0.4, -0.2) is 20.2 Å². The normalized spacial score (nSPS) is 13.7. The van der Waals surface area contributed by atoms with Crippen molar-refractivity contribution in [2.24, 2.45) is 5.73 Å². The smallest absolute Gasteiger partial charge is 0.157 e. The quantitative estimate of drug-likeness (QED) is 0.882. The zero-order valence-corrected chi connectivity index (χ0v) is 10.8. The summed E-state index contributed by atoms with van der Waals surface area (Å²) in [5.41, 5.74) is 6.08. The number of nitrogens with two attached hydrogens (primary N) is 1. The Morgan fingerprint density at radius 2 is 2.12 bits per heavy atom. The highest BCUT2D eigenvalue weighted by molar-refractivity contribution is 7.91. The van der Waals surface area contributed by atoms with Crippen molar-refractivity contribution in [3.8, 4) is 0 Å². The summed E-state index contributed by atoms with van der Waals surface area (Å²) in [6.45, 7) is 2.07. The summed E-state index contributed by atoms with van der Waals surface area (Å²) in [5.74, 6) is 0.0225. The van der Waals surface area contributed by atoms with E-state index in [0.29, 0.717) is 18.0 Å². The third kappa shape index (κ3) is 3.77. The molecule has 0 aromatic heterocycles. The third-order valence-electron chi connectivity index (χ3n) is 2.44. The first-order chi connectivity index (χ1) is 7.45. The van der Waals surface area contributed by atoms with Crippen molar-refractivity contribution in [3.05, 3.63) is 34.9 Å². The molecule has 16 heavy (non-hydrogen) atoms. The molecule has 1 aromatic rings. The van der Waals surface area contributed by atoms with E-state index >= 15 is 0 Å². The van der Waals surface area contributed by atoms with E-state index in [-0.39, 0.29) is 5.75 Å². The molecule has 0 aliphatic heterocycles. The highest BCUT2D eigenvalue weighted by Crippen LogP contribution is 2.16. The van der Waals surface area contributed by atoms with Crippen LogP contribution in [0.4, 0.5) is 0 Å². The maximum atomic E-state index is 11.9. The van der Waals surface area contributed by atoms with Crippen LogP contribution in [0.25, 0.3) is 0 Å². The minimum Gasteiger partial charge on any atom is -0.330 e. The first kappa shape index (κ1) is 13.5. The molecule has 1 rings (SSSR count). The molecule has 0 radical (unpaired) electrons. The fourth-order valence-corrected chi connectivity index (χ4v) is 3.05. The van der Waals surface area contributed by atoms with Gasteiger partial charge in [-0.05, 0) is 37.6 Å². The van der Waals surface area contributed by atoms with Gasteiger partial charge in [0, 0.05) is 5.02 Å². The lowest BCUT2D eigenvalue weighted by atomic mass is 10.2. The maximum Gasteiger partial charge on any atom is 0.157 e. The third-order valence-corrected chi connectivity index (χ3v) is 4.88. The molecule has 5 heteroatoms. The van der Waals surface area contributed by atoms with Gasteiger partial charge in [-0.25, -0.2) is 8.42 Å². The van der Waals surface area contributed by atoms with Crippen molar-refractivity contribution in [2.75, 3.05) is 6.54 Å². The summed E-state index contributed by atoms with van der Waals surface area (Å²) in [6.07, 6.45) is 0.489. The van der Waals surface area contributed by atoms with E-state index in [4.69, 9.17) is 17.3 Å². The Labute approximate surface area is 102 Å². The topological polar surface area (TPSA) is 60.2 Å². The molecule has 1 atom stereocenters. The summed E-state index contributed by atoms with van der Waals surface area (Å²) in [7, 11) is -3.13. The van der Waals surface area contributed by atoms with Crippen molar-refractivity contribution >= 4 is 21.4 Å². The molecule has 0 amide bonds. The lowest BCUT2D eigenvalue weighted by Crippen LogP contribution is -2.22. The van der Waals surface area contributed by atoms with Crippen molar-refractivity contribution in [2.45, 2.75) is 24.3 Å². The molecule has 0 aliphatic carbocycles. The van der Waals surface area contributed by atoms with Crippen LogP contribution in [0.1, 0.15) is 18.9 Å². The second-order valence-electron chi connectivity index (χ2n) is 3.83. The molecule has 0 saturated carbocycles. The van der Waals surface area contributed by atoms with Crippen molar-refractivity contribution in [3.63, 3.8) is 0 Å². The predicted molar refractivity (Wildman–Crippen MR) is 67.2 cm³/mol. The van der Waals surface area contributed by atoms with Crippen LogP contribution in [0.3, 0.4) is 0 Å². The SMILES string of the molecule is CC(CCN)S(=O)(=O)Cc1cccc(Cl)c1. The summed E-state index contributed by atoms with van der Waals surface area (Å²) in [5, 5.41) is 0.149. The Balaban J connectivity index is 2.80. The van der Waals surface area contributed by atoms with Crippen LogP contribution in [0.5, 0.6) is 0 Å². The van der Waals surface area contributed by atoms with E-state index in [2.05, 4.69) is 0 Å². The maximum absolute atomic E-state index is 11.9. The summed E-state index contributed by atoms with van der Waals surface area (Å²) in [4.78, 5) is 0. The molecule has 90 valence electrons. The van der Waals surface area contributed by atoms with E-state index in [0.717, 1.165) is 5.56 Å². The van der Waals surface area contributed by atoms with Crippen LogP contribution in [0.15, 0.2) is 24.3 Å². The van der Waals surface area contributed by atoms with Crippen LogP contribution >= 0.6 is 11.6 Å². The van der Waals surface area contributed by atoms with Crippen LogP contribution in [-0.2, 0) is 15.6 Å². The first-order valence-corrected chi connectivity index (χ1v) is 7.21. The summed E-state index contributed by atoms with van der Waals surface area (Å²) >= 11 is 5.80. The molecule has 2 N–H and O–H groups in total. The van der Waals surface area contributed by atoms with Crippen molar-refractivity contribution in [1.82, 2.24) is 0 Å². The first-order valence-electron chi connectivity index (χ1n) is 5.12. The lowest BCUT2D eigenvalue weighted by molar-refractivity contribution is 0.577. The summed E-state index contributed by atoms with van der Waals surface area (Å²) < 4.78 is 23.8. The van der Waals surface area contributed by atoms with E-state index in [1.807, 2.05) is 0 Å². The van der Waals surface area contributed by atoms with Gasteiger partial charge in [-0.15, -0.1) is 0 Å². The number of sulfone groups is 1. The Morgan fingerprint density at radius 1 is 1.44 bits per heavy atom. The van der Waals surface area contributed by atoms with Gasteiger partial charge >= 0.3 is 0 Å². The zero-order chi connectivity index (χ0) is 12.2. The van der Waals surface area contributed by atoms with Gasteiger partial charge in [0.15, 0.2) is 9.84 Å². The highest BCUT2D eigenvalue weighted by Gasteiger charge is 2.20. The Kier molecular flexibility index (Phi) is 4.77. The number of hydrogen-bond acceptors (Lipinski definition) is 3. The predicted octanol–water partition coefficient (Wildman–Crippen LogP) is 1.99. The zero-order valence-electron chi connectivity index (χ0n) is 9.19. The molecule has 1 unspecified atom stereocenters. The minimum atomic E-state index is -3.13. The van der Waals surface area contributed by atoms with E-state index in [1.54, 1.807) is 31.2 Å². The largest absolute Gasteiger partial charge is 0.330 e. The molecule has 0 aliphatic rings. The number of rotatable bonds is 5. The number of benzene rings is 1. The average molecular weight is 262 g/mol. The van der Waals surface area contributed by atoms with Gasteiger partial charge in [-0.2, -0.15) is 0 Å². The molecule has 0 bridgehead atoms. The molecule has 0 fully saturated rings. The molecule has 0 heterocycles. The number of halogens is 1. The summed E-state index contributed by atoms with van der Waals surface area (Å²) in [6, 6.07) is 6.91. The minimum absolute atomic E-state index is 0.0225. The standard InChI is InChI=1S/C11H16ClNO2S/c1-9(5-6-13)16(14,15)8-10-3-2-4-11(12)7-10/h2-4,7,9H,5-6,8,13H2,1H3. The van der Waals surface area contributed by atoms with E-state index in [1.165, 1.54) is 0 Å². The molecular formula is C11H16ClNO2S. The molecule has 0 spiro atoms. The number of hydrogen-bond donors (Lipinski definition) is 1. The van der Waals surface area contributed by atoms with Crippen LogP contribution in [0.2, 0.25) is 5.02 Å². The second kappa shape index (κ2) is 5.66. The average Bonchev–Trinajstić information content (AvgIpc) is 2.17. The van der Waals surface area contributed by atoms with Crippen LogP contribution < -0.4 is 5.73 Å². The molecule has 0 saturated heterocycles.